The number of aliphatic hydroxyl groups excluding tert-OH is 1. The molecule has 1 rings (SSSR count). The van der Waals surface area contributed by atoms with Crippen molar-refractivity contribution in [2.45, 2.75) is 46.1 Å². The van der Waals surface area contributed by atoms with E-state index < -0.39 is 0 Å². The van der Waals surface area contributed by atoms with Gasteiger partial charge in [0.15, 0.2) is 0 Å². The first kappa shape index (κ1) is 9.79. The zero-order valence-corrected chi connectivity index (χ0v) is 8.43. The minimum absolute atomic E-state index is 0.143. The highest BCUT2D eigenvalue weighted by Gasteiger charge is 2.33. The topological polar surface area (TPSA) is 20.2 Å². The highest BCUT2D eigenvalue weighted by molar-refractivity contribution is 5.03. The van der Waals surface area contributed by atoms with E-state index in [4.69, 9.17) is 0 Å². The maximum atomic E-state index is 9.71. The normalized spacial score (nSPS) is 34.7. The Balaban J connectivity index is 2.66. The van der Waals surface area contributed by atoms with E-state index in [9.17, 15) is 5.11 Å². The first-order valence-corrected chi connectivity index (χ1v) is 4.76. The third-order valence-corrected chi connectivity index (χ3v) is 2.99. The van der Waals surface area contributed by atoms with Crippen molar-refractivity contribution in [1.29, 1.82) is 0 Å². The van der Waals surface area contributed by atoms with Gasteiger partial charge in [0.05, 0.1) is 6.10 Å². The van der Waals surface area contributed by atoms with Crippen LogP contribution >= 0.6 is 0 Å². The zero-order chi connectivity index (χ0) is 9.35. The fourth-order valence-electron chi connectivity index (χ4n) is 2.08. The largest absolute Gasteiger partial charge is 0.393 e. The number of hydrogen-bond acceptors (Lipinski definition) is 1. The lowest BCUT2D eigenvalue weighted by Gasteiger charge is -2.38. The maximum Gasteiger partial charge on any atom is 0.0605 e. The van der Waals surface area contributed by atoms with Crippen molar-refractivity contribution in [2.75, 3.05) is 0 Å². The van der Waals surface area contributed by atoms with Crippen molar-refractivity contribution in [3.63, 3.8) is 0 Å². The smallest absolute Gasteiger partial charge is 0.0605 e. The Hall–Kier alpha value is -0.300. The monoisotopic (exact) mass is 168 g/mol. The summed E-state index contributed by atoms with van der Waals surface area (Å²) in [6.07, 6.45) is 3.02. The van der Waals surface area contributed by atoms with E-state index in [2.05, 4.69) is 20.4 Å². The summed E-state index contributed by atoms with van der Waals surface area (Å²) in [4.78, 5) is 0. The Morgan fingerprint density at radius 3 is 2.50 bits per heavy atom. The van der Waals surface area contributed by atoms with Crippen LogP contribution in [0.3, 0.4) is 0 Å². The van der Waals surface area contributed by atoms with E-state index in [0.717, 1.165) is 24.8 Å². The highest BCUT2D eigenvalue weighted by atomic mass is 16.3. The van der Waals surface area contributed by atoms with Crippen molar-refractivity contribution >= 4 is 0 Å². The molecule has 0 bridgehead atoms. The van der Waals surface area contributed by atoms with E-state index >= 15 is 0 Å². The van der Waals surface area contributed by atoms with Crippen LogP contribution in [0.1, 0.15) is 40.0 Å². The molecule has 0 aromatic carbocycles. The van der Waals surface area contributed by atoms with Gasteiger partial charge in [-0.05, 0) is 31.6 Å². The number of rotatable bonds is 1. The molecule has 0 saturated heterocycles. The fraction of sp³-hybridized carbons (Fsp3) is 0.818. The summed E-state index contributed by atoms with van der Waals surface area (Å²) in [7, 11) is 0. The molecule has 2 unspecified atom stereocenters. The Kier molecular flexibility index (Phi) is 2.62. The summed E-state index contributed by atoms with van der Waals surface area (Å²) >= 11 is 0. The zero-order valence-electron chi connectivity index (χ0n) is 8.43. The number of hydrogen-bond donors (Lipinski definition) is 1. The summed E-state index contributed by atoms with van der Waals surface area (Å²) in [5.74, 6) is 0.328. The molecule has 1 aliphatic rings. The third kappa shape index (κ3) is 2.10. The molecule has 0 heterocycles. The molecule has 1 N–H and O–H groups in total. The van der Waals surface area contributed by atoms with E-state index in [0.29, 0.717) is 11.3 Å². The first-order valence-electron chi connectivity index (χ1n) is 4.76. The second-order valence-electron chi connectivity index (χ2n) is 4.93. The van der Waals surface area contributed by atoms with E-state index in [1.165, 1.54) is 0 Å². The van der Waals surface area contributed by atoms with Crippen LogP contribution in [0.5, 0.6) is 0 Å². The molecule has 1 heteroatoms. The molecule has 70 valence electrons. The molecular formula is C11H20O. The number of aliphatic hydroxyl groups is 1. The van der Waals surface area contributed by atoms with Crippen molar-refractivity contribution < 1.29 is 5.11 Å². The summed E-state index contributed by atoms with van der Waals surface area (Å²) in [6.45, 7) is 10.5. The maximum absolute atomic E-state index is 9.71. The highest BCUT2D eigenvalue weighted by Crippen LogP contribution is 2.40. The Labute approximate surface area is 75.5 Å². The standard InChI is InChI=1S/C11H20O/c1-8(2)9-7-11(3,4)6-5-10(9)12/h9-10,12H,1,5-7H2,2-4H3. The van der Waals surface area contributed by atoms with Gasteiger partial charge in [-0.3, -0.25) is 0 Å². The van der Waals surface area contributed by atoms with Gasteiger partial charge in [-0.1, -0.05) is 26.0 Å². The molecule has 0 amide bonds. The lowest BCUT2D eigenvalue weighted by molar-refractivity contribution is 0.0383. The minimum Gasteiger partial charge on any atom is -0.393 e. The molecule has 1 nitrogen and oxygen atoms in total. The molecule has 12 heavy (non-hydrogen) atoms. The third-order valence-electron chi connectivity index (χ3n) is 2.99. The summed E-state index contributed by atoms with van der Waals surface area (Å²) in [5, 5.41) is 9.71. The van der Waals surface area contributed by atoms with E-state index in [1.807, 2.05) is 6.92 Å². The fourth-order valence-corrected chi connectivity index (χ4v) is 2.08. The molecular weight excluding hydrogens is 148 g/mol. The predicted octanol–water partition coefficient (Wildman–Crippen LogP) is 2.75. The summed E-state index contributed by atoms with van der Waals surface area (Å²) < 4.78 is 0. The van der Waals surface area contributed by atoms with Crippen LogP contribution in [0.4, 0.5) is 0 Å². The molecule has 1 fully saturated rings. The summed E-state index contributed by atoms with van der Waals surface area (Å²) in [5.41, 5.74) is 1.53. The van der Waals surface area contributed by atoms with Gasteiger partial charge in [0, 0.05) is 5.92 Å². The van der Waals surface area contributed by atoms with Crippen LogP contribution in [-0.4, -0.2) is 11.2 Å². The summed E-state index contributed by atoms with van der Waals surface area (Å²) in [6, 6.07) is 0. The average molecular weight is 168 g/mol. The van der Waals surface area contributed by atoms with Crippen LogP contribution in [-0.2, 0) is 0 Å². The SMILES string of the molecule is C=C(C)C1CC(C)(C)CCC1O. The van der Waals surface area contributed by atoms with Gasteiger partial charge < -0.3 is 5.11 Å². The molecule has 0 aliphatic heterocycles. The van der Waals surface area contributed by atoms with Crippen LogP contribution < -0.4 is 0 Å². The van der Waals surface area contributed by atoms with E-state index in [-0.39, 0.29) is 6.10 Å². The first-order chi connectivity index (χ1) is 5.42. The van der Waals surface area contributed by atoms with Gasteiger partial charge in [-0.2, -0.15) is 0 Å². The van der Waals surface area contributed by atoms with Crippen molar-refractivity contribution in [2.24, 2.45) is 11.3 Å². The molecule has 0 radical (unpaired) electrons. The van der Waals surface area contributed by atoms with Gasteiger partial charge in [0.2, 0.25) is 0 Å². The van der Waals surface area contributed by atoms with Gasteiger partial charge in [0.25, 0.3) is 0 Å². The molecule has 1 saturated carbocycles. The Morgan fingerprint density at radius 2 is 2.08 bits per heavy atom. The van der Waals surface area contributed by atoms with Crippen molar-refractivity contribution in [3.8, 4) is 0 Å². The van der Waals surface area contributed by atoms with E-state index in [1.54, 1.807) is 0 Å². The molecule has 0 aromatic heterocycles. The van der Waals surface area contributed by atoms with Gasteiger partial charge >= 0.3 is 0 Å². The molecule has 0 spiro atoms. The second-order valence-corrected chi connectivity index (χ2v) is 4.93. The van der Waals surface area contributed by atoms with Crippen LogP contribution in [0.25, 0.3) is 0 Å². The van der Waals surface area contributed by atoms with Crippen LogP contribution in [0.15, 0.2) is 12.2 Å². The Morgan fingerprint density at radius 1 is 1.50 bits per heavy atom. The lowest BCUT2D eigenvalue weighted by atomic mass is 9.69. The van der Waals surface area contributed by atoms with Gasteiger partial charge in [-0.25, -0.2) is 0 Å². The van der Waals surface area contributed by atoms with Gasteiger partial charge in [-0.15, -0.1) is 0 Å². The minimum atomic E-state index is -0.143. The van der Waals surface area contributed by atoms with Crippen LogP contribution in [0, 0.1) is 11.3 Å². The van der Waals surface area contributed by atoms with Crippen LogP contribution in [0.2, 0.25) is 0 Å². The molecule has 1 aliphatic carbocycles. The average Bonchev–Trinajstić information content (AvgIpc) is 1.94. The van der Waals surface area contributed by atoms with Crippen molar-refractivity contribution in [3.05, 3.63) is 12.2 Å². The quantitative estimate of drug-likeness (QED) is 0.597. The predicted molar refractivity (Wildman–Crippen MR) is 51.9 cm³/mol. The van der Waals surface area contributed by atoms with Gasteiger partial charge in [0.1, 0.15) is 0 Å². The lowest BCUT2D eigenvalue weighted by Crippen LogP contribution is -2.33. The van der Waals surface area contributed by atoms with Crippen molar-refractivity contribution in [1.82, 2.24) is 0 Å². The second kappa shape index (κ2) is 3.21. The Bertz CT molecular complexity index is 181. The molecule has 2 atom stereocenters. The molecule has 0 aromatic rings.